The van der Waals surface area contributed by atoms with Crippen LogP contribution in [0, 0.1) is 5.41 Å². The molecule has 2 rings (SSSR count). The van der Waals surface area contributed by atoms with Crippen molar-refractivity contribution in [1.29, 1.82) is 0 Å². The molecule has 104 valence electrons. The van der Waals surface area contributed by atoms with Gasteiger partial charge in [0.25, 0.3) is 0 Å². The number of aromatic carboxylic acids is 1. The summed E-state index contributed by atoms with van der Waals surface area (Å²) < 4.78 is 5.12. The fourth-order valence-corrected chi connectivity index (χ4v) is 2.33. The van der Waals surface area contributed by atoms with Crippen LogP contribution in [-0.2, 0) is 4.74 Å². The Labute approximate surface area is 117 Å². The fraction of sp³-hybridized carbons (Fsp3) is 0.500. The van der Waals surface area contributed by atoms with Gasteiger partial charge in [0.1, 0.15) is 0 Å². The predicted octanol–water partition coefficient (Wildman–Crippen LogP) is 3.27. The van der Waals surface area contributed by atoms with Crippen LogP contribution in [0.3, 0.4) is 0 Å². The van der Waals surface area contributed by atoms with Crippen molar-refractivity contribution >= 4 is 23.3 Å². The lowest BCUT2D eigenvalue weighted by atomic mass is 10.0. The Hall–Kier alpha value is -1.26. The van der Waals surface area contributed by atoms with Crippen LogP contribution in [0.5, 0.6) is 0 Å². The minimum Gasteiger partial charge on any atom is -0.478 e. The van der Waals surface area contributed by atoms with Crippen molar-refractivity contribution in [1.82, 2.24) is 0 Å². The van der Waals surface area contributed by atoms with Gasteiger partial charge in [-0.25, -0.2) is 4.79 Å². The maximum atomic E-state index is 10.8. The summed E-state index contributed by atoms with van der Waals surface area (Å²) >= 11 is 6.08. The van der Waals surface area contributed by atoms with Crippen molar-refractivity contribution in [3.8, 4) is 0 Å². The largest absolute Gasteiger partial charge is 0.478 e. The number of methoxy groups -OCH3 is 1. The van der Waals surface area contributed by atoms with Gasteiger partial charge in [0, 0.05) is 20.3 Å². The molecule has 0 saturated heterocycles. The topological polar surface area (TPSA) is 58.6 Å². The van der Waals surface area contributed by atoms with E-state index in [4.69, 9.17) is 21.4 Å². The van der Waals surface area contributed by atoms with Crippen LogP contribution >= 0.6 is 11.6 Å². The first-order valence-corrected chi connectivity index (χ1v) is 6.70. The molecule has 1 aromatic carbocycles. The maximum Gasteiger partial charge on any atom is 0.335 e. The molecule has 1 fully saturated rings. The van der Waals surface area contributed by atoms with E-state index in [9.17, 15) is 4.79 Å². The molecule has 0 aromatic heterocycles. The summed E-state index contributed by atoms with van der Waals surface area (Å²) in [6, 6.07) is 4.75. The zero-order valence-electron chi connectivity index (χ0n) is 10.9. The number of carbonyl (C=O) groups is 1. The molecule has 1 aliphatic rings. The number of halogens is 1. The van der Waals surface area contributed by atoms with Crippen molar-refractivity contribution in [3.63, 3.8) is 0 Å². The SMILES string of the molecule is COCCC1(CNc2ccc(C(=O)O)cc2Cl)CC1. The van der Waals surface area contributed by atoms with Gasteiger partial charge in [-0.1, -0.05) is 11.6 Å². The van der Waals surface area contributed by atoms with Crippen LogP contribution in [0.25, 0.3) is 0 Å². The van der Waals surface area contributed by atoms with E-state index in [1.165, 1.54) is 18.9 Å². The minimum atomic E-state index is -0.966. The van der Waals surface area contributed by atoms with Crippen molar-refractivity contribution in [3.05, 3.63) is 28.8 Å². The van der Waals surface area contributed by atoms with Crippen LogP contribution in [0.4, 0.5) is 5.69 Å². The molecular formula is C14H18ClNO3. The van der Waals surface area contributed by atoms with Crippen LogP contribution in [0.15, 0.2) is 18.2 Å². The minimum absolute atomic E-state index is 0.205. The molecule has 1 aromatic rings. The molecule has 19 heavy (non-hydrogen) atoms. The molecule has 0 spiro atoms. The van der Waals surface area contributed by atoms with E-state index in [1.807, 2.05) is 0 Å². The van der Waals surface area contributed by atoms with E-state index in [-0.39, 0.29) is 5.56 Å². The molecule has 0 unspecified atom stereocenters. The van der Waals surface area contributed by atoms with Gasteiger partial charge < -0.3 is 15.2 Å². The lowest BCUT2D eigenvalue weighted by Crippen LogP contribution is -2.17. The zero-order chi connectivity index (χ0) is 13.9. The highest BCUT2D eigenvalue weighted by Crippen LogP contribution is 2.48. The number of carboxylic acids is 1. The Kier molecular flexibility index (Phi) is 4.32. The highest BCUT2D eigenvalue weighted by atomic mass is 35.5. The van der Waals surface area contributed by atoms with E-state index in [2.05, 4.69) is 5.32 Å². The van der Waals surface area contributed by atoms with E-state index in [0.29, 0.717) is 10.4 Å². The smallest absolute Gasteiger partial charge is 0.335 e. The first kappa shape index (κ1) is 14.2. The zero-order valence-corrected chi connectivity index (χ0v) is 11.7. The number of benzene rings is 1. The van der Waals surface area contributed by atoms with E-state index in [0.717, 1.165) is 25.3 Å². The van der Waals surface area contributed by atoms with Crippen LogP contribution in [0.2, 0.25) is 5.02 Å². The number of anilines is 1. The molecule has 0 amide bonds. The number of ether oxygens (including phenoxy) is 1. The second-order valence-electron chi connectivity index (χ2n) is 5.10. The summed E-state index contributed by atoms with van der Waals surface area (Å²) in [6.07, 6.45) is 3.45. The summed E-state index contributed by atoms with van der Waals surface area (Å²) in [6.45, 7) is 1.62. The Bertz CT molecular complexity index is 472. The first-order chi connectivity index (χ1) is 9.06. The summed E-state index contributed by atoms with van der Waals surface area (Å²) in [4.78, 5) is 10.8. The van der Waals surface area contributed by atoms with Gasteiger partial charge in [-0.15, -0.1) is 0 Å². The molecule has 0 heterocycles. The van der Waals surface area contributed by atoms with Gasteiger partial charge in [0.2, 0.25) is 0 Å². The van der Waals surface area contributed by atoms with E-state index >= 15 is 0 Å². The molecule has 0 aliphatic heterocycles. The number of hydrogen-bond acceptors (Lipinski definition) is 3. The normalized spacial score (nSPS) is 16.1. The molecule has 0 bridgehead atoms. The first-order valence-electron chi connectivity index (χ1n) is 6.32. The molecule has 1 aliphatic carbocycles. The molecule has 0 atom stereocenters. The molecule has 0 radical (unpaired) electrons. The number of hydrogen-bond donors (Lipinski definition) is 2. The summed E-state index contributed by atoms with van der Waals surface area (Å²) in [5.41, 5.74) is 1.32. The second kappa shape index (κ2) is 5.80. The second-order valence-corrected chi connectivity index (χ2v) is 5.50. The number of carboxylic acid groups (broad SMARTS) is 1. The Morgan fingerprint density at radius 3 is 2.79 bits per heavy atom. The summed E-state index contributed by atoms with van der Waals surface area (Å²) in [5.74, 6) is -0.966. The van der Waals surface area contributed by atoms with Crippen molar-refractivity contribution in [2.45, 2.75) is 19.3 Å². The fourth-order valence-electron chi connectivity index (χ4n) is 2.08. The van der Waals surface area contributed by atoms with Gasteiger partial charge in [0.05, 0.1) is 16.3 Å². The van der Waals surface area contributed by atoms with Crippen LogP contribution < -0.4 is 5.32 Å². The summed E-state index contributed by atoms with van der Waals surface area (Å²) in [7, 11) is 1.71. The summed E-state index contributed by atoms with van der Waals surface area (Å²) in [5, 5.41) is 12.6. The monoisotopic (exact) mass is 283 g/mol. The van der Waals surface area contributed by atoms with Gasteiger partial charge in [-0.05, 0) is 42.9 Å². The average Bonchev–Trinajstić information content (AvgIpc) is 3.15. The third-order valence-electron chi connectivity index (χ3n) is 3.66. The average molecular weight is 284 g/mol. The third-order valence-corrected chi connectivity index (χ3v) is 3.98. The Morgan fingerprint density at radius 1 is 1.53 bits per heavy atom. The Morgan fingerprint density at radius 2 is 2.26 bits per heavy atom. The molecule has 4 nitrogen and oxygen atoms in total. The quantitative estimate of drug-likeness (QED) is 0.806. The van der Waals surface area contributed by atoms with Crippen LogP contribution in [-0.4, -0.2) is 31.3 Å². The molecular weight excluding hydrogens is 266 g/mol. The van der Waals surface area contributed by atoms with E-state index in [1.54, 1.807) is 19.2 Å². The van der Waals surface area contributed by atoms with E-state index < -0.39 is 5.97 Å². The molecule has 1 saturated carbocycles. The lowest BCUT2D eigenvalue weighted by Gasteiger charge is -2.17. The lowest BCUT2D eigenvalue weighted by molar-refractivity contribution is 0.0697. The number of rotatable bonds is 7. The Balaban J connectivity index is 1.95. The predicted molar refractivity (Wildman–Crippen MR) is 75.1 cm³/mol. The van der Waals surface area contributed by atoms with Gasteiger partial charge >= 0.3 is 5.97 Å². The van der Waals surface area contributed by atoms with Crippen molar-refractivity contribution in [2.75, 3.05) is 25.6 Å². The van der Waals surface area contributed by atoms with Crippen molar-refractivity contribution < 1.29 is 14.6 Å². The molecule has 5 heteroatoms. The highest BCUT2D eigenvalue weighted by molar-refractivity contribution is 6.33. The van der Waals surface area contributed by atoms with Gasteiger partial charge in [0.15, 0.2) is 0 Å². The van der Waals surface area contributed by atoms with Gasteiger partial charge in [-0.3, -0.25) is 0 Å². The maximum absolute atomic E-state index is 10.8. The highest BCUT2D eigenvalue weighted by Gasteiger charge is 2.41. The van der Waals surface area contributed by atoms with Gasteiger partial charge in [-0.2, -0.15) is 0 Å². The number of nitrogens with one attached hydrogen (secondary N) is 1. The molecule has 2 N–H and O–H groups in total. The van der Waals surface area contributed by atoms with Crippen molar-refractivity contribution in [2.24, 2.45) is 5.41 Å². The van der Waals surface area contributed by atoms with Crippen LogP contribution in [0.1, 0.15) is 29.6 Å². The third kappa shape index (κ3) is 3.61. The standard InChI is InChI=1S/C14H18ClNO3/c1-19-7-6-14(4-5-14)9-16-12-3-2-10(13(17)18)8-11(12)15/h2-3,8,16H,4-7,9H2,1H3,(H,17,18).